The normalized spacial score (nSPS) is 12.1. The van der Waals surface area contributed by atoms with E-state index in [1.165, 1.54) is 0 Å². The van der Waals surface area contributed by atoms with E-state index in [1.54, 1.807) is 7.11 Å². The molecular weight excluding hydrogens is 332 g/mol. The van der Waals surface area contributed by atoms with E-state index in [4.69, 9.17) is 4.74 Å². The topological polar surface area (TPSA) is 44.1 Å². The second kappa shape index (κ2) is 7.41. The molecule has 21 heavy (non-hydrogen) atoms. The Labute approximate surface area is 133 Å². The van der Waals surface area contributed by atoms with E-state index in [2.05, 4.69) is 28.0 Å². The van der Waals surface area contributed by atoms with Gasteiger partial charge in [0.15, 0.2) is 0 Å². The van der Waals surface area contributed by atoms with E-state index in [0.29, 0.717) is 11.9 Å². The van der Waals surface area contributed by atoms with E-state index in [1.807, 2.05) is 35.1 Å². The fourth-order valence-corrected chi connectivity index (χ4v) is 2.86. The molecule has 1 heterocycles. The number of nitrogens with zero attached hydrogens (tertiary/aromatic N) is 2. The van der Waals surface area contributed by atoms with Crippen molar-refractivity contribution in [2.45, 2.75) is 25.8 Å². The summed E-state index contributed by atoms with van der Waals surface area (Å²) in [6.07, 6.45) is 3.63. The number of methoxy groups -OCH3 is 1. The molecule has 4 nitrogen and oxygen atoms in total. The molecule has 2 aromatic rings. The number of hydrogen-bond acceptors (Lipinski definition) is 3. The van der Waals surface area contributed by atoms with Crippen molar-refractivity contribution in [1.82, 2.24) is 9.78 Å². The van der Waals surface area contributed by atoms with Crippen LogP contribution in [0.3, 0.4) is 0 Å². The number of alkyl halides is 1. The van der Waals surface area contributed by atoms with Crippen LogP contribution in [0.25, 0.3) is 0 Å². The van der Waals surface area contributed by atoms with Crippen molar-refractivity contribution in [2.24, 2.45) is 0 Å². The third-order valence-corrected chi connectivity index (χ3v) is 4.23. The zero-order chi connectivity index (χ0) is 15.2. The number of rotatable bonds is 7. The molecule has 1 aromatic heterocycles. The number of halogens is 1. The minimum absolute atomic E-state index is 0.135. The Kier molecular flexibility index (Phi) is 5.56. The Balaban J connectivity index is 2.25. The third-order valence-electron chi connectivity index (χ3n) is 3.54. The maximum absolute atomic E-state index is 11.2. The zero-order valence-corrected chi connectivity index (χ0v) is 13.8. The van der Waals surface area contributed by atoms with Crippen molar-refractivity contribution in [2.75, 3.05) is 12.4 Å². The second-order valence-electron chi connectivity index (χ2n) is 4.80. The van der Waals surface area contributed by atoms with Crippen LogP contribution in [0.5, 0.6) is 5.75 Å². The molecule has 2 rings (SSSR count). The van der Waals surface area contributed by atoms with Gasteiger partial charge < -0.3 is 9.53 Å². The molecule has 0 radical (unpaired) electrons. The maximum atomic E-state index is 11.2. The van der Waals surface area contributed by atoms with Gasteiger partial charge in [-0.05, 0) is 24.1 Å². The molecule has 0 aliphatic heterocycles. The standard InChI is InChI=1S/C16H19BrN2O2/c1-3-16-15(13(8-17)11-20)9-18-19(16)10-12-4-6-14(21-2)7-5-12/h4-7,9,11,13H,3,8,10H2,1-2H3. The van der Waals surface area contributed by atoms with Crippen LogP contribution in [-0.2, 0) is 17.8 Å². The summed E-state index contributed by atoms with van der Waals surface area (Å²) in [4.78, 5) is 11.2. The summed E-state index contributed by atoms with van der Waals surface area (Å²) in [5.41, 5.74) is 3.28. The summed E-state index contributed by atoms with van der Waals surface area (Å²) in [5, 5.41) is 5.07. The first-order chi connectivity index (χ1) is 10.2. The van der Waals surface area contributed by atoms with Crippen molar-refractivity contribution in [1.29, 1.82) is 0 Å². The minimum atomic E-state index is -0.135. The van der Waals surface area contributed by atoms with E-state index < -0.39 is 0 Å². The molecule has 0 aliphatic carbocycles. The van der Waals surface area contributed by atoms with Crippen LogP contribution in [0, 0.1) is 0 Å². The molecule has 1 atom stereocenters. The first kappa shape index (κ1) is 15.8. The number of ether oxygens (including phenoxy) is 1. The van der Waals surface area contributed by atoms with Gasteiger partial charge in [0.1, 0.15) is 12.0 Å². The van der Waals surface area contributed by atoms with Crippen molar-refractivity contribution < 1.29 is 9.53 Å². The van der Waals surface area contributed by atoms with Gasteiger partial charge in [-0.2, -0.15) is 5.10 Å². The molecule has 0 bridgehead atoms. The molecule has 0 saturated carbocycles. The lowest BCUT2D eigenvalue weighted by Gasteiger charge is -2.11. The Hall–Kier alpha value is -1.62. The van der Waals surface area contributed by atoms with Gasteiger partial charge in [-0.15, -0.1) is 0 Å². The lowest BCUT2D eigenvalue weighted by Crippen LogP contribution is -2.09. The fraction of sp³-hybridized carbons (Fsp3) is 0.375. The summed E-state index contributed by atoms with van der Waals surface area (Å²) in [5.74, 6) is 0.709. The Morgan fingerprint density at radius 1 is 1.38 bits per heavy atom. The van der Waals surface area contributed by atoms with E-state index in [9.17, 15) is 4.79 Å². The van der Waals surface area contributed by atoms with Crippen molar-refractivity contribution >= 4 is 22.2 Å². The first-order valence-corrected chi connectivity index (χ1v) is 8.04. The summed E-state index contributed by atoms with van der Waals surface area (Å²) in [6.45, 7) is 2.78. The first-order valence-electron chi connectivity index (χ1n) is 6.92. The Morgan fingerprint density at radius 3 is 2.62 bits per heavy atom. The van der Waals surface area contributed by atoms with Crippen LogP contribution in [0.15, 0.2) is 30.5 Å². The molecule has 0 amide bonds. The maximum Gasteiger partial charge on any atom is 0.128 e. The van der Waals surface area contributed by atoms with Crippen LogP contribution in [0.1, 0.15) is 29.7 Å². The number of benzene rings is 1. The van der Waals surface area contributed by atoms with Gasteiger partial charge in [-0.25, -0.2) is 0 Å². The summed E-state index contributed by atoms with van der Waals surface area (Å²) in [7, 11) is 1.66. The predicted molar refractivity (Wildman–Crippen MR) is 86.3 cm³/mol. The molecule has 5 heteroatoms. The van der Waals surface area contributed by atoms with Crippen LogP contribution in [0.4, 0.5) is 0 Å². The quantitative estimate of drug-likeness (QED) is 0.569. The van der Waals surface area contributed by atoms with Crippen LogP contribution < -0.4 is 4.74 Å². The molecule has 0 fully saturated rings. The molecule has 0 saturated heterocycles. The molecule has 1 aromatic carbocycles. The SMILES string of the molecule is CCc1c(C(C=O)CBr)cnn1Cc1ccc(OC)cc1. The molecule has 1 unspecified atom stereocenters. The number of aldehydes is 1. The fourth-order valence-electron chi connectivity index (χ4n) is 2.35. The number of carbonyl (C=O) groups excluding carboxylic acids is 1. The van der Waals surface area contributed by atoms with Gasteiger partial charge in [0.05, 0.1) is 25.8 Å². The molecule has 0 N–H and O–H groups in total. The average Bonchev–Trinajstić information content (AvgIpc) is 2.92. The highest BCUT2D eigenvalue weighted by Crippen LogP contribution is 2.22. The van der Waals surface area contributed by atoms with E-state index in [-0.39, 0.29) is 5.92 Å². The average molecular weight is 351 g/mol. The summed E-state index contributed by atoms with van der Waals surface area (Å²) >= 11 is 3.39. The summed E-state index contributed by atoms with van der Waals surface area (Å²) < 4.78 is 7.13. The van der Waals surface area contributed by atoms with Crippen LogP contribution >= 0.6 is 15.9 Å². The number of aromatic nitrogens is 2. The van der Waals surface area contributed by atoms with Crippen molar-refractivity contribution in [3.8, 4) is 5.75 Å². The highest BCUT2D eigenvalue weighted by atomic mass is 79.9. The predicted octanol–water partition coefficient (Wildman–Crippen LogP) is 3.18. The lowest BCUT2D eigenvalue weighted by atomic mass is 10.0. The largest absolute Gasteiger partial charge is 0.497 e. The lowest BCUT2D eigenvalue weighted by molar-refractivity contribution is -0.108. The van der Waals surface area contributed by atoms with Gasteiger partial charge >= 0.3 is 0 Å². The Bertz CT molecular complexity index is 593. The van der Waals surface area contributed by atoms with E-state index in [0.717, 1.165) is 35.3 Å². The number of carbonyl (C=O) groups is 1. The molecule has 0 aliphatic rings. The van der Waals surface area contributed by atoms with Gasteiger partial charge in [-0.1, -0.05) is 35.0 Å². The van der Waals surface area contributed by atoms with Crippen molar-refractivity contribution in [3.05, 3.63) is 47.3 Å². The smallest absolute Gasteiger partial charge is 0.128 e. The van der Waals surface area contributed by atoms with Gasteiger partial charge in [-0.3, -0.25) is 4.68 Å². The monoisotopic (exact) mass is 350 g/mol. The summed E-state index contributed by atoms with van der Waals surface area (Å²) in [6, 6.07) is 7.94. The van der Waals surface area contributed by atoms with E-state index >= 15 is 0 Å². The van der Waals surface area contributed by atoms with Gasteiger partial charge in [0.25, 0.3) is 0 Å². The van der Waals surface area contributed by atoms with Crippen LogP contribution in [-0.4, -0.2) is 28.5 Å². The van der Waals surface area contributed by atoms with Crippen LogP contribution in [0.2, 0.25) is 0 Å². The van der Waals surface area contributed by atoms with Crippen molar-refractivity contribution in [3.63, 3.8) is 0 Å². The molecule has 112 valence electrons. The Morgan fingerprint density at radius 2 is 2.10 bits per heavy atom. The highest BCUT2D eigenvalue weighted by molar-refractivity contribution is 9.09. The van der Waals surface area contributed by atoms with Gasteiger partial charge in [0, 0.05) is 16.6 Å². The minimum Gasteiger partial charge on any atom is -0.497 e. The highest BCUT2D eigenvalue weighted by Gasteiger charge is 2.17. The molecular formula is C16H19BrN2O2. The third kappa shape index (κ3) is 3.53. The molecule has 0 spiro atoms. The number of hydrogen-bond donors (Lipinski definition) is 0. The zero-order valence-electron chi connectivity index (χ0n) is 12.3. The second-order valence-corrected chi connectivity index (χ2v) is 5.45. The van der Waals surface area contributed by atoms with Gasteiger partial charge in [0.2, 0.25) is 0 Å².